The molecule has 1 heterocycles. The first-order chi connectivity index (χ1) is 20.1. The zero-order valence-electron chi connectivity index (χ0n) is 24.2. The van der Waals surface area contributed by atoms with Crippen molar-refractivity contribution in [3.8, 4) is 11.5 Å². The molecule has 4 aromatic rings. The summed E-state index contributed by atoms with van der Waals surface area (Å²) < 4.78 is 12.5. The van der Waals surface area contributed by atoms with Gasteiger partial charge in [-0.2, -0.15) is 0 Å². The summed E-state index contributed by atoms with van der Waals surface area (Å²) >= 11 is 11.3. The Morgan fingerprint density at radius 3 is 2.57 bits per heavy atom. The van der Waals surface area contributed by atoms with Crippen molar-refractivity contribution < 1.29 is 14.3 Å². The number of nitrogens with zero attached hydrogens (tertiary/aromatic N) is 1. The second-order valence-electron chi connectivity index (χ2n) is 11.5. The number of hydrogen-bond acceptors (Lipinski definition) is 5. The molecule has 3 aromatic carbocycles. The first-order valence-corrected chi connectivity index (χ1v) is 15.9. The highest BCUT2D eigenvalue weighted by atomic mass is 79.9. The third kappa shape index (κ3) is 7.08. The normalized spacial score (nSPS) is 15.0. The molecule has 8 heteroatoms. The van der Waals surface area contributed by atoms with E-state index in [0.29, 0.717) is 45.3 Å². The van der Waals surface area contributed by atoms with Gasteiger partial charge < -0.3 is 14.8 Å². The highest BCUT2D eigenvalue weighted by Crippen LogP contribution is 2.45. The molecule has 0 saturated carbocycles. The van der Waals surface area contributed by atoms with Crippen LogP contribution in [0.4, 0.5) is 10.7 Å². The zero-order chi connectivity index (χ0) is 29.9. The van der Waals surface area contributed by atoms with Crippen LogP contribution in [0.15, 0.2) is 76.2 Å². The molecule has 1 atom stereocenters. The van der Waals surface area contributed by atoms with Gasteiger partial charge in [0.15, 0.2) is 11.5 Å². The molecule has 0 unspecified atom stereocenters. The van der Waals surface area contributed by atoms with E-state index in [9.17, 15) is 4.79 Å². The Hall–Kier alpha value is -3.13. The van der Waals surface area contributed by atoms with Crippen LogP contribution in [0.3, 0.4) is 0 Å². The predicted molar refractivity (Wildman–Crippen MR) is 177 cm³/mol. The number of hydrogen-bond donors (Lipinski definition) is 1. The van der Waals surface area contributed by atoms with Crippen molar-refractivity contribution in [1.82, 2.24) is 0 Å². The topological polar surface area (TPSA) is 59.9 Å². The van der Waals surface area contributed by atoms with Gasteiger partial charge in [0, 0.05) is 21.8 Å². The fraction of sp³-hybridized carbons (Fsp3) is 0.294. The van der Waals surface area contributed by atoms with E-state index < -0.39 is 0 Å². The van der Waals surface area contributed by atoms with Crippen LogP contribution < -0.4 is 14.8 Å². The minimum atomic E-state index is -0.153. The van der Waals surface area contributed by atoms with E-state index in [-0.39, 0.29) is 11.3 Å². The molecule has 0 radical (unpaired) electrons. The molecule has 0 aliphatic heterocycles. The van der Waals surface area contributed by atoms with Gasteiger partial charge >= 0.3 is 0 Å². The third-order valence-corrected chi connectivity index (χ3v) is 9.61. The average molecular weight is 666 g/mol. The van der Waals surface area contributed by atoms with E-state index in [4.69, 9.17) is 26.1 Å². The number of thiophene rings is 1. The van der Waals surface area contributed by atoms with Gasteiger partial charge in [-0.25, -0.2) is 4.99 Å². The number of fused-ring (bicyclic) bond motifs is 1. The Kier molecular flexibility index (Phi) is 9.41. The lowest BCUT2D eigenvalue weighted by molar-refractivity contribution is 0.102. The smallest absolute Gasteiger partial charge is 0.259 e. The number of nitrogens with one attached hydrogen (secondary N) is 1. The molecule has 5 rings (SSSR count). The lowest BCUT2D eigenvalue weighted by Crippen LogP contribution is -2.27. The van der Waals surface area contributed by atoms with Crippen molar-refractivity contribution in [2.75, 3.05) is 12.4 Å². The fourth-order valence-electron chi connectivity index (χ4n) is 5.18. The van der Waals surface area contributed by atoms with Crippen molar-refractivity contribution >= 4 is 61.7 Å². The van der Waals surface area contributed by atoms with Gasteiger partial charge in [-0.05, 0) is 99.6 Å². The van der Waals surface area contributed by atoms with Crippen LogP contribution in [0.25, 0.3) is 0 Å². The molecule has 1 aliphatic rings. The van der Waals surface area contributed by atoms with E-state index in [0.717, 1.165) is 40.4 Å². The molecule has 0 saturated heterocycles. The van der Waals surface area contributed by atoms with Gasteiger partial charge in [0.25, 0.3) is 5.91 Å². The van der Waals surface area contributed by atoms with Crippen molar-refractivity contribution in [3.63, 3.8) is 0 Å². The Morgan fingerprint density at radius 2 is 1.88 bits per heavy atom. The number of carbonyl (C=O) groups is 1. The predicted octanol–water partition coefficient (Wildman–Crippen LogP) is 9.91. The van der Waals surface area contributed by atoms with E-state index in [2.05, 4.69) is 42.0 Å². The van der Waals surface area contributed by atoms with Crippen molar-refractivity contribution in [2.45, 2.75) is 46.6 Å². The fourth-order valence-corrected chi connectivity index (χ4v) is 7.15. The van der Waals surface area contributed by atoms with Gasteiger partial charge in [-0.3, -0.25) is 4.79 Å². The van der Waals surface area contributed by atoms with Gasteiger partial charge in [0.2, 0.25) is 0 Å². The summed E-state index contributed by atoms with van der Waals surface area (Å²) in [7, 11) is 1.62. The summed E-state index contributed by atoms with van der Waals surface area (Å²) in [5.41, 5.74) is 4.56. The Morgan fingerprint density at radius 1 is 1.14 bits per heavy atom. The van der Waals surface area contributed by atoms with Crippen molar-refractivity contribution in [2.24, 2.45) is 16.3 Å². The monoisotopic (exact) mass is 664 g/mol. The highest BCUT2D eigenvalue weighted by Gasteiger charge is 2.33. The number of halogens is 2. The maximum atomic E-state index is 13.7. The standard InChI is InChI=1S/C34H34BrClN2O3S/c1-34(2,3)23-10-15-26-29(18-23)42-33(30(26)32(39)38-25-13-11-24(36)12-14-25)37-19-22-16-27(35)31(28(17-22)40-4)41-20-21-8-6-5-7-9-21/h5-9,11-14,16-17,19,23H,10,15,18,20H2,1-4H3,(H,38,39)/t23-/m1/s1. The maximum Gasteiger partial charge on any atom is 0.259 e. The van der Waals surface area contributed by atoms with E-state index in [1.807, 2.05) is 54.6 Å². The lowest BCUT2D eigenvalue weighted by Gasteiger charge is -2.33. The molecule has 1 N–H and O–H groups in total. The SMILES string of the molecule is COc1cc(C=Nc2sc3c(c2C(=O)Nc2ccc(Cl)cc2)CC[C@@H](C(C)(C)C)C3)cc(Br)c1OCc1ccccc1. The van der Waals surface area contributed by atoms with Crippen LogP contribution in [0.5, 0.6) is 11.5 Å². The summed E-state index contributed by atoms with van der Waals surface area (Å²) in [4.78, 5) is 19.8. The van der Waals surface area contributed by atoms with E-state index in [1.165, 1.54) is 4.88 Å². The molecular formula is C34H34BrClN2O3S. The Bertz CT molecular complexity index is 1590. The molecule has 1 aromatic heterocycles. The summed E-state index contributed by atoms with van der Waals surface area (Å²) in [6, 6.07) is 21.0. The van der Waals surface area contributed by atoms with Crippen molar-refractivity contribution in [3.05, 3.63) is 103 Å². The number of rotatable bonds is 8. The van der Waals surface area contributed by atoms with Gasteiger partial charge in [-0.15, -0.1) is 11.3 Å². The number of methoxy groups -OCH3 is 1. The van der Waals surface area contributed by atoms with Crippen LogP contribution in [0.1, 0.15) is 59.1 Å². The second-order valence-corrected chi connectivity index (χ2v) is 13.9. The van der Waals surface area contributed by atoms with Gasteiger partial charge in [0.1, 0.15) is 11.6 Å². The quantitative estimate of drug-likeness (QED) is 0.191. The van der Waals surface area contributed by atoms with Gasteiger partial charge in [-0.1, -0.05) is 62.7 Å². The zero-order valence-corrected chi connectivity index (χ0v) is 27.3. The summed E-state index contributed by atoms with van der Waals surface area (Å²) in [6.45, 7) is 7.30. The lowest BCUT2D eigenvalue weighted by atomic mass is 9.72. The first kappa shape index (κ1) is 30.3. The number of anilines is 1. The van der Waals surface area contributed by atoms with E-state index >= 15 is 0 Å². The molecule has 0 bridgehead atoms. The van der Waals surface area contributed by atoms with Crippen LogP contribution in [-0.4, -0.2) is 19.2 Å². The van der Waals surface area contributed by atoms with Crippen molar-refractivity contribution in [1.29, 1.82) is 0 Å². The minimum Gasteiger partial charge on any atom is -0.493 e. The van der Waals surface area contributed by atoms with E-state index in [1.54, 1.807) is 36.8 Å². The second kappa shape index (κ2) is 13.0. The minimum absolute atomic E-state index is 0.153. The number of ether oxygens (including phenoxy) is 2. The average Bonchev–Trinajstić information content (AvgIpc) is 3.34. The molecule has 218 valence electrons. The van der Waals surface area contributed by atoms with Crippen LogP contribution >= 0.6 is 38.9 Å². The number of amides is 1. The molecule has 0 spiro atoms. The van der Waals surface area contributed by atoms with Crippen LogP contribution in [0.2, 0.25) is 5.02 Å². The van der Waals surface area contributed by atoms with Gasteiger partial charge in [0.05, 0.1) is 17.1 Å². The molecule has 5 nitrogen and oxygen atoms in total. The number of carbonyl (C=O) groups excluding carboxylic acids is 1. The highest BCUT2D eigenvalue weighted by molar-refractivity contribution is 9.10. The molecule has 1 amide bonds. The summed E-state index contributed by atoms with van der Waals surface area (Å²) in [5, 5.41) is 4.39. The number of aliphatic imine (C=N–C) groups is 1. The first-order valence-electron chi connectivity index (χ1n) is 13.9. The maximum absolute atomic E-state index is 13.7. The third-order valence-electron chi connectivity index (χ3n) is 7.61. The molecule has 42 heavy (non-hydrogen) atoms. The largest absolute Gasteiger partial charge is 0.493 e. The Balaban J connectivity index is 1.45. The summed E-state index contributed by atoms with van der Waals surface area (Å²) in [5.74, 6) is 1.62. The number of benzene rings is 3. The van der Waals surface area contributed by atoms with Crippen LogP contribution in [0, 0.1) is 11.3 Å². The summed E-state index contributed by atoms with van der Waals surface area (Å²) in [6.07, 6.45) is 4.64. The van der Waals surface area contributed by atoms with Crippen LogP contribution in [-0.2, 0) is 19.4 Å². The molecule has 0 fully saturated rings. The molecular weight excluding hydrogens is 632 g/mol. The Labute approximate surface area is 265 Å². The molecule has 1 aliphatic carbocycles.